The van der Waals surface area contributed by atoms with Crippen LogP contribution in [0.4, 0.5) is 8.78 Å². The highest BCUT2D eigenvalue weighted by atomic mass is 35.5. The summed E-state index contributed by atoms with van der Waals surface area (Å²) in [6, 6.07) is 9.17. The Kier molecular flexibility index (Phi) is 9.96. The van der Waals surface area contributed by atoms with Gasteiger partial charge in [0, 0.05) is 62.7 Å². The van der Waals surface area contributed by atoms with Gasteiger partial charge in [0.15, 0.2) is 0 Å². The number of piperazine rings is 1. The number of hydrogen-bond acceptors (Lipinski definition) is 5. The van der Waals surface area contributed by atoms with Crippen molar-refractivity contribution in [3.05, 3.63) is 69.2 Å². The average Bonchev–Trinajstić information content (AvgIpc) is 3.38. The summed E-state index contributed by atoms with van der Waals surface area (Å²) in [6.07, 6.45) is -0.636. The van der Waals surface area contributed by atoms with Crippen LogP contribution in [0.15, 0.2) is 36.4 Å². The Labute approximate surface area is 250 Å². The van der Waals surface area contributed by atoms with Gasteiger partial charge >= 0.3 is 0 Å². The molecular formula is C30H38Cl2F2N4O3. The van der Waals surface area contributed by atoms with Gasteiger partial charge in [-0.05, 0) is 56.5 Å². The summed E-state index contributed by atoms with van der Waals surface area (Å²) in [4.78, 5) is 31.6. The van der Waals surface area contributed by atoms with Gasteiger partial charge in [0.25, 0.3) is 0 Å². The van der Waals surface area contributed by atoms with Crippen LogP contribution in [-0.4, -0.2) is 88.7 Å². The normalized spacial score (nSPS) is 22.0. The van der Waals surface area contributed by atoms with E-state index in [2.05, 4.69) is 10.2 Å². The van der Waals surface area contributed by atoms with Gasteiger partial charge in [-0.25, -0.2) is 8.78 Å². The fraction of sp³-hybridized carbons (Fsp3) is 0.533. The van der Waals surface area contributed by atoms with Crippen LogP contribution in [-0.2, 0) is 16.0 Å². The Morgan fingerprint density at radius 3 is 2.22 bits per heavy atom. The standard InChI is InChI=1S/C30H38Cl2F2N4O3/c1-18(39)35-26(15-19-7-5-6-8-23(19)31)29(41)37-11-9-36(10-12-37)28(40)22-17-38(30(2,3)4)16-21(22)20-13-24(33)27(32)25(34)14-20/h5-8,13-14,21-22,26,29,41H,9-12,15-17H2,1-4H3,(H,35,39)/t21?,22?,26-,29?/m0/s1. The number of rotatable bonds is 7. The van der Waals surface area contributed by atoms with Crippen LogP contribution in [0.25, 0.3) is 0 Å². The highest BCUT2D eigenvalue weighted by Crippen LogP contribution is 2.39. The second kappa shape index (κ2) is 12.9. The molecule has 4 rings (SSSR count). The number of carbonyl (C=O) groups excluding carboxylic acids is 2. The molecular weight excluding hydrogens is 573 g/mol. The number of likely N-dealkylation sites (tertiary alicyclic amines) is 1. The first-order valence-electron chi connectivity index (χ1n) is 13.9. The maximum atomic E-state index is 14.4. The quantitative estimate of drug-likeness (QED) is 0.457. The molecule has 41 heavy (non-hydrogen) atoms. The lowest BCUT2D eigenvalue weighted by Crippen LogP contribution is -2.59. The summed E-state index contributed by atoms with van der Waals surface area (Å²) >= 11 is 12.1. The maximum Gasteiger partial charge on any atom is 0.227 e. The van der Waals surface area contributed by atoms with E-state index in [4.69, 9.17) is 23.2 Å². The number of aliphatic hydroxyl groups is 1. The molecule has 2 aliphatic heterocycles. The Morgan fingerprint density at radius 2 is 1.66 bits per heavy atom. The van der Waals surface area contributed by atoms with Crippen LogP contribution in [0, 0.1) is 17.6 Å². The zero-order chi connectivity index (χ0) is 30.1. The van der Waals surface area contributed by atoms with Gasteiger partial charge in [0.05, 0.1) is 12.0 Å². The van der Waals surface area contributed by atoms with Crippen LogP contribution in [0.5, 0.6) is 0 Å². The van der Waals surface area contributed by atoms with E-state index in [1.54, 1.807) is 11.0 Å². The number of hydrogen-bond donors (Lipinski definition) is 2. The number of benzene rings is 2. The third-order valence-corrected chi connectivity index (χ3v) is 8.90. The van der Waals surface area contributed by atoms with Crippen LogP contribution < -0.4 is 5.32 Å². The van der Waals surface area contributed by atoms with Crippen LogP contribution in [0.3, 0.4) is 0 Å². The van der Waals surface area contributed by atoms with Gasteiger partial charge in [-0.15, -0.1) is 0 Å². The van der Waals surface area contributed by atoms with Crippen molar-refractivity contribution >= 4 is 35.0 Å². The zero-order valence-corrected chi connectivity index (χ0v) is 25.4. The topological polar surface area (TPSA) is 76.1 Å². The SMILES string of the molecule is CC(=O)N[C@@H](Cc1ccccc1Cl)C(O)N1CCN(C(=O)C2CN(C(C)(C)C)CC2c2cc(F)c(Cl)c(F)c2)CC1. The monoisotopic (exact) mass is 610 g/mol. The van der Waals surface area contributed by atoms with Crippen molar-refractivity contribution in [1.29, 1.82) is 0 Å². The van der Waals surface area contributed by atoms with Gasteiger partial charge < -0.3 is 15.3 Å². The van der Waals surface area contributed by atoms with Crippen molar-refractivity contribution in [3.8, 4) is 0 Å². The first-order chi connectivity index (χ1) is 19.3. The molecule has 224 valence electrons. The van der Waals surface area contributed by atoms with Crippen molar-refractivity contribution < 1.29 is 23.5 Å². The van der Waals surface area contributed by atoms with Gasteiger partial charge in [-0.3, -0.25) is 19.4 Å². The minimum Gasteiger partial charge on any atom is -0.376 e. The van der Waals surface area contributed by atoms with E-state index in [9.17, 15) is 23.5 Å². The summed E-state index contributed by atoms with van der Waals surface area (Å²) in [6.45, 7) is 10.0. The molecule has 0 bridgehead atoms. The molecule has 2 amide bonds. The van der Waals surface area contributed by atoms with E-state index < -0.39 is 40.8 Å². The van der Waals surface area contributed by atoms with E-state index in [0.717, 1.165) is 5.56 Å². The molecule has 2 fully saturated rings. The molecule has 4 atom stereocenters. The molecule has 7 nitrogen and oxygen atoms in total. The van der Waals surface area contributed by atoms with Gasteiger partial charge in [-0.2, -0.15) is 0 Å². The molecule has 2 heterocycles. The van der Waals surface area contributed by atoms with E-state index in [1.807, 2.05) is 43.9 Å². The van der Waals surface area contributed by atoms with Crippen LogP contribution in [0.2, 0.25) is 10.0 Å². The van der Waals surface area contributed by atoms with E-state index in [0.29, 0.717) is 56.3 Å². The third kappa shape index (κ3) is 7.38. The number of amides is 2. The summed E-state index contributed by atoms with van der Waals surface area (Å²) in [5, 5.41) is 14.1. The molecule has 0 radical (unpaired) electrons. The molecule has 3 unspecified atom stereocenters. The number of aliphatic hydroxyl groups excluding tert-OH is 1. The second-order valence-electron chi connectivity index (χ2n) is 12.0. The lowest BCUT2D eigenvalue weighted by molar-refractivity contribution is -0.140. The van der Waals surface area contributed by atoms with Crippen LogP contribution in [0.1, 0.15) is 44.7 Å². The Morgan fingerprint density at radius 1 is 1.05 bits per heavy atom. The third-order valence-electron chi connectivity index (χ3n) is 8.17. The summed E-state index contributed by atoms with van der Waals surface area (Å²) in [7, 11) is 0. The predicted octanol–water partition coefficient (Wildman–Crippen LogP) is 4.30. The Balaban J connectivity index is 1.47. The number of nitrogens with one attached hydrogen (secondary N) is 1. The number of nitrogens with zero attached hydrogens (tertiary/aromatic N) is 3. The lowest BCUT2D eigenvalue weighted by atomic mass is 9.87. The molecule has 11 heteroatoms. The van der Waals surface area contributed by atoms with Crippen molar-refractivity contribution in [2.24, 2.45) is 5.92 Å². The number of carbonyl (C=O) groups is 2. The fourth-order valence-electron chi connectivity index (χ4n) is 5.82. The van der Waals surface area contributed by atoms with Gasteiger partial charge in [0.2, 0.25) is 11.8 Å². The Hall–Kier alpha value is -2.30. The molecule has 0 aliphatic carbocycles. The largest absolute Gasteiger partial charge is 0.376 e. The Bertz CT molecular complexity index is 1240. The van der Waals surface area contributed by atoms with Crippen molar-refractivity contribution in [1.82, 2.24) is 20.0 Å². The van der Waals surface area contributed by atoms with E-state index in [1.165, 1.54) is 19.1 Å². The molecule has 0 aromatic heterocycles. The highest BCUT2D eigenvalue weighted by molar-refractivity contribution is 6.31. The van der Waals surface area contributed by atoms with Crippen LogP contribution >= 0.6 is 23.2 Å². The summed E-state index contributed by atoms with van der Waals surface area (Å²) < 4.78 is 28.8. The van der Waals surface area contributed by atoms with Crippen molar-refractivity contribution in [3.63, 3.8) is 0 Å². The fourth-order valence-corrected chi connectivity index (χ4v) is 6.14. The van der Waals surface area contributed by atoms with E-state index >= 15 is 0 Å². The molecule has 2 aliphatic rings. The predicted molar refractivity (Wildman–Crippen MR) is 156 cm³/mol. The first kappa shape index (κ1) is 31.6. The molecule has 2 N–H and O–H groups in total. The highest BCUT2D eigenvalue weighted by Gasteiger charge is 2.44. The molecule has 2 aromatic rings. The molecule has 0 spiro atoms. The second-order valence-corrected chi connectivity index (χ2v) is 12.7. The minimum atomic E-state index is -0.983. The van der Waals surface area contributed by atoms with Crippen molar-refractivity contribution in [2.45, 2.75) is 57.8 Å². The summed E-state index contributed by atoms with van der Waals surface area (Å²) in [5.74, 6) is -2.91. The maximum absolute atomic E-state index is 14.4. The zero-order valence-electron chi connectivity index (χ0n) is 23.8. The molecule has 2 saturated heterocycles. The van der Waals surface area contributed by atoms with E-state index in [-0.39, 0.29) is 17.4 Å². The summed E-state index contributed by atoms with van der Waals surface area (Å²) in [5.41, 5.74) is 0.993. The first-order valence-corrected chi connectivity index (χ1v) is 14.6. The number of halogens is 4. The van der Waals surface area contributed by atoms with Gasteiger partial charge in [0.1, 0.15) is 22.9 Å². The molecule has 0 saturated carbocycles. The smallest absolute Gasteiger partial charge is 0.227 e. The van der Waals surface area contributed by atoms with Gasteiger partial charge in [-0.1, -0.05) is 41.4 Å². The lowest BCUT2D eigenvalue weighted by Gasteiger charge is -2.41. The average molecular weight is 612 g/mol. The molecule has 2 aromatic carbocycles. The minimum absolute atomic E-state index is 0.0823. The van der Waals surface area contributed by atoms with Crippen molar-refractivity contribution in [2.75, 3.05) is 39.3 Å².